The first kappa shape index (κ1) is 13.3. The monoisotopic (exact) mass is 253 g/mol. The van der Waals surface area contributed by atoms with Gasteiger partial charge in [-0.25, -0.2) is 0 Å². The molecule has 0 unspecified atom stereocenters. The Morgan fingerprint density at radius 3 is 2.53 bits per heavy atom. The molecule has 0 heterocycles. The number of hydrogen-bond acceptors (Lipinski definition) is 2. The summed E-state index contributed by atoms with van der Waals surface area (Å²) in [6, 6.07) is 5.56. The summed E-state index contributed by atoms with van der Waals surface area (Å²) >= 11 is 6.08. The van der Waals surface area contributed by atoms with E-state index in [9.17, 15) is 0 Å². The summed E-state index contributed by atoms with van der Waals surface area (Å²) in [6.07, 6.45) is 0. The summed E-state index contributed by atoms with van der Waals surface area (Å²) in [5.74, 6) is -0.0884. The second-order valence-corrected chi connectivity index (χ2v) is 4.30. The van der Waals surface area contributed by atoms with Gasteiger partial charge < -0.3 is 11.1 Å². The smallest absolute Gasteiger partial charge is 0.199 e. The van der Waals surface area contributed by atoms with Gasteiger partial charge in [0.25, 0.3) is 0 Å². The van der Waals surface area contributed by atoms with Crippen LogP contribution in [0.4, 0.5) is 5.69 Å². The Hall–Kier alpha value is -1.75. The van der Waals surface area contributed by atoms with E-state index < -0.39 is 0 Å². The van der Waals surface area contributed by atoms with E-state index in [1.54, 1.807) is 6.07 Å². The van der Waals surface area contributed by atoms with Crippen LogP contribution in [0.2, 0.25) is 5.02 Å². The molecule has 92 valence electrons. The normalized spacial score (nSPS) is 10.1. The third-order valence-electron chi connectivity index (χ3n) is 2.18. The molecule has 0 fully saturated rings. The van der Waals surface area contributed by atoms with Crippen molar-refractivity contribution in [1.82, 2.24) is 5.32 Å². The van der Waals surface area contributed by atoms with Gasteiger partial charge in [0.2, 0.25) is 0 Å². The summed E-state index contributed by atoms with van der Waals surface area (Å²) < 4.78 is 0. The van der Waals surface area contributed by atoms with E-state index in [0.717, 1.165) is 5.56 Å². The van der Waals surface area contributed by atoms with Crippen LogP contribution in [0.3, 0.4) is 0 Å². The topological polar surface area (TPSA) is 97.8 Å². The highest BCUT2D eigenvalue weighted by Crippen LogP contribution is 2.30. The summed E-state index contributed by atoms with van der Waals surface area (Å²) in [6.45, 7) is 4.08. The van der Waals surface area contributed by atoms with Gasteiger partial charge in [0.15, 0.2) is 11.9 Å². The highest BCUT2D eigenvalue weighted by molar-refractivity contribution is 6.34. The number of nitrogens with two attached hydrogens (primary N) is 1. The Kier molecular flexibility index (Phi) is 4.34. The van der Waals surface area contributed by atoms with E-state index in [1.165, 1.54) is 0 Å². The fraction of sp³-hybridized carbons (Fsp3) is 0.273. The van der Waals surface area contributed by atoms with Gasteiger partial charge in [-0.15, -0.1) is 0 Å². The van der Waals surface area contributed by atoms with Crippen LogP contribution in [0.25, 0.3) is 0 Å². The molecule has 0 aliphatic heterocycles. The van der Waals surface area contributed by atoms with Gasteiger partial charge in [-0.2, -0.15) is 0 Å². The molecular formula is C11H16ClN5. The molecule has 0 saturated carbocycles. The van der Waals surface area contributed by atoms with E-state index in [-0.39, 0.29) is 17.8 Å². The zero-order chi connectivity index (χ0) is 13.0. The van der Waals surface area contributed by atoms with Crippen molar-refractivity contribution < 1.29 is 0 Å². The Balaban J connectivity index is 2.96. The molecule has 0 aromatic heterocycles. The fourth-order valence-electron chi connectivity index (χ4n) is 1.44. The quantitative estimate of drug-likeness (QED) is 0.413. The van der Waals surface area contributed by atoms with Crippen molar-refractivity contribution in [3.63, 3.8) is 0 Å². The number of para-hydroxylation sites is 1. The van der Waals surface area contributed by atoms with Crippen LogP contribution < -0.4 is 16.4 Å². The maximum Gasteiger partial charge on any atom is 0.199 e. The molecule has 0 aliphatic rings. The van der Waals surface area contributed by atoms with Crippen molar-refractivity contribution in [2.75, 3.05) is 5.32 Å². The third kappa shape index (κ3) is 3.64. The molecule has 0 spiro atoms. The molecule has 17 heavy (non-hydrogen) atoms. The summed E-state index contributed by atoms with van der Waals surface area (Å²) in [7, 11) is 0. The largest absolute Gasteiger partial charge is 0.370 e. The van der Waals surface area contributed by atoms with Crippen molar-refractivity contribution in [3.05, 3.63) is 28.8 Å². The molecule has 1 rings (SSSR count). The lowest BCUT2D eigenvalue weighted by atomic mass is 10.0. The second-order valence-electron chi connectivity index (χ2n) is 3.90. The van der Waals surface area contributed by atoms with E-state index >= 15 is 0 Å². The van der Waals surface area contributed by atoms with Gasteiger partial charge >= 0.3 is 0 Å². The summed E-state index contributed by atoms with van der Waals surface area (Å²) in [5, 5.41) is 20.3. The van der Waals surface area contributed by atoms with Crippen molar-refractivity contribution >= 4 is 29.2 Å². The molecule has 0 amide bonds. The Morgan fingerprint density at radius 1 is 1.35 bits per heavy atom. The van der Waals surface area contributed by atoms with Gasteiger partial charge in [0.05, 0.1) is 10.7 Å². The second kappa shape index (κ2) is 5.54. The van der Waals surface area contributed by atoms with E-state index in [0.29, 0.717) is 10.7 Å². The third-order valence-corrected chi connectivity index (χ3v) is 2.49. The van der Waals surface area contributed by atoms with Crippen molar-refractivity contribution in [1.29, 1.82) is 10.8 Å². The van der Waals surface area contributed by atoms with Crippen LogP contribution in [-0.2, 0) is 0 Å². The average molecular weight is 254 g/mol. The number of guanidine groups is 2. The molecule has 5 nitrogen and oxygen atoms in total. The lowest BCUT2D eigenvalue weighted by Crippen LogP contribution is -2.39. The first-order valence-corrected chi connectivity index (χ1v) is 5.54. The Labute approximate surface area is 105 Å². The minimum absolute atomic E-state index is 0.0764. The van der Waals surface area contributed by atoms with Crippen molar-refractivity contribution in [2.45, 2.75) is 19.8 Å². The van der Waals surface area contributed by atoms with Crippen molar-refractivity contribution in [2.24, 2.45) is 5.73 Å². The van der Waals surface area contributed by atoms with Crippen LogP contribution in [0.1, 0.15) is 25.3 Å². The SMILES string of the molecule is CC(C)c1cccc(Cl)c1NC(=N)NC(=N)N. The lowest BCUT2D eigenvalue weighted by Gasteiger charge is -2.16. The van der Waals surface area contributed by atoms with Crippen LogP contribution in [0, 0.1) is 10.8 Å². The Bertz CT molecular complexity index is 441. The number of halogens is 1. The van der Waals surface area contributed by atoms with Gasteiger partial charge in [0, 0.05) is 0 Å². The highest BCUT2D eigenvalue weighted by Gasteiger charge is 2.11. The molecule has 6 heteroatoms. The number of rotatable bonds is 2. The number of anilines is 1. The summed E-state index contributed by atoms with van der Waals surface area (Å²) in [5.41, 5.74) is 6.82. The number of nitrogens with one attached hydrogen (secondary N) is 4. The zero-order valence-electron chi connectivity index (χ0n) is 9.76. The van der Waals surface area contributed by atoms with E-state index in [4.69, 9.17) is 28.2 Å². The van der Waals surface area contributed by atoms with Crippen LogP contribution in [0.15, 0.2) is 18.2 Å². The average Bonchev–Trinajstić information content (AvgIpc) is 2.19. The van der Waals surface area contributed by atoms with Crippen LogP contribution in [0.5, 0.6) is 0 Å². The van der Waals surface area contributed by atoms with Gasteiger partial charge in [-0.3, -0.25) is 16.1 Å². The van der Waals surface area contributed by atoms with Gasteiger partial charge in [0.1, 0.15) is 0 Å². The molecule has 6 N–H and O–H groups in total. The van der Waals surface area contributed by atoms with Crippen molar-refractivity contribution in [3.8, 4) is 0 Å². The first-order valence-electron chi connectivity index (χ1n) is 5.17. The number of hydrogen-bond donors (Lipinski definition) is 5. The predicted molar refractivity (Wildman–Crippen MR) is 71.9 cm³/mol. The molecule has 0 bridgehead atoms. The van der Waals surface area contributed by atoms with E-state index in [2.05, 4.69) is 10.6 Å². The predicted octanol–water partition coefficient (Wildman–Crippen LogP) is 2.29. The minimum atomic E-state index is -0.291. The fourth-order valence-corrected chi connectivity index (χ4v) is 1.67. The van der Waals surface area contributed by atoms with Crippen LogP contribution in [-0.4, -0.2) is 11.9 Å². The molecule has 0 aliphatic carbocycles. The maximum atomic E-state index is 7.59. The summed E-state index contributed by atoms with van der Waals surface area (Å²) in [4.78, 5) is 0. The lowest BCUT2D eigenvalue weighted by molar-refractivity contribution is 0.869. The standard InChI is InChI=1S/C11H16ClN5/c1-6(2)7-4-3-5-8(12)9(7)16-11(15)17-10(13)14/h3-6H,1-2H3,(H6,13,14,15,16,17). The molecule has 1 aromatic rings. The van der Waals surface area contributed by atoms with Gasteiger partial charge in [-0.05, 0) is 17.5 Å². The molecule has 1 aromatic carbocycles. The zero-order valence-corrected chi connectivity index (χ0v) is 10.5. The van der Waals surface area contributed by atoms with E-state index in [1.807, 2.05) is 26.0 Å². The molecular weight excluding hydrogens is 238 g/mol. The molecule has 0 radical (unpaired) electrons. The number of benzene rings is 1. The first-order chi connectivity index (χ1) is 7.91. The molecule has 0 saturated heterocycles. The van der Waals surface area contributed by atoms with Gasteiger partial charge in [-0.1, -0.05) is 37.6 Å². The highest BCUT2D eigenvalue weighted by atomic mass is 35.5. The van der Waals surface area contributed by atoms with Crippen LogP contribution >= 0.6 is 11.6 Å². The maximum absolute atomic E-state index is 7.59. The molecule has 0 atom stereocenters. The Morgan fingerprint density at radius 2 is 2.00 bits per heavy atom. The minimum Gasteiger partial charge on any atom is -0.370 e.